The minimum Gasteiger partial charge on any atom is -0.396 e. The summed E-state index contributed by atoms with van der Waals surface area (Å²) in [6.07, 6.45) is 0.995. The molecule has 0 aromatic heterocycles. The van der Waals surface area contributed by atoms with E-state index in [0.717, 1.165) is 13.0 Å². The van der Waals surface area contributed by atoms with Crippen molar-refractivity contribution >= 4 is 11.6 Å². The number of hydrogen-bond acceptors (Lipinski definition) is 3. The number of nitrogens with one attached hydrogen (secondary N) is 1. The lowest BCUT2D eigenvalue weighted by Gasteiger charge is -2.22. The second-order valence-corrected chi connectivity index (χ2v) is 6.02. The lowest BCUT2D eigenvalue weighted by atomic mass is 9.95. The molecule has 1 aromatic carbocycles. The number of amides is 1. The van der Waals surface area contributed by atoms with Crippen molar-refractivity contribution in [2.75, 3.05) is 31.6 Å². The van der Waals surface area contributed by atoms with Gasteiger partial charge in [0.25, 0.3) is 5.91 Å². The summed E-state index contributed by atoms with van der Waals surface area (Å²) in [5.74, 6) is -0.0705. The molecule has 0 spiro atoms. The van der Waals surface area contributed by atoms with Crippen molar-refractivity contribution in [3.8, 4) is 0 Å². The number of aliphatic hydroxyl groups is 1. The lowest BCUT2D eigenvalue weighted by molar-refractivity contribution is 0.0911. The van der Waals surface area contributed by atoms with Gasteiger partial charge in [-0.25, -0.2) is 0 Å². The number of aliphatic hydroxyl groups excluding tert-OH is 1. The van der Waals surface area contributed by atoms with Gasteiger partial charge >= 0.3 is 0 Å². The van der Waals surface area contributed by atoms with Crippen LogP contribution in [0.1, 0.15) is 29.8 Å². The van der Waals surface area contributed by atoms with Gasteiger partial charge in [0, 0.05) is 43.4 Å². The van der Waals surface area contributed by atoms with E-state index in [1.807, 2.05) is 32.0 Å². The molecule has 0 atom stereocenters. The number of carbonyl (C=O) groups excluding carboxylic acids is 1. The number of carbonyl (C=O) groups is 1. The van der Waals surface area contributed by atoms with Crippen molar-refractivity contribution in [2.45, 2.75) is 20.3 Å². The van der Waals surface area contributed by atoms with Crippen LogP contribution in [0.5, 0.6) is 0 Å². The van der Waals surface area contributed by atoms with Crippen LogP contribution in [0.15, 0.2) is 18.2 Å². The Morgan fingerprint density at radius 3 is 2.89 bits per heavy atom. The number of benzene rings is 1. The highest BCUT2D eigenvalue weighted by atomic mass is 16.3. The van der Waals surface area contributed by atoms with Crippen LogP contribution >= 0.6 is 0 Å². The molecule has 2 N–H and O–H groups in total. The first-order chi connectivity index (χ1) is 8.93. The molecule has 2 rings (SSSR count). The van der Waals surface area contributed by atoms with Gasteiger partial charge < -0.3 is 15.3 Å². The fourth-order valence-corrected chi connectivity index (χ4v) is 2.19. The number of nitrogens with zero attached hydrogens (tertiary/aromatic N) is 1. The third-order valence-corrected chi connectivity index (χ3v) is 3.63. The van der Waals surface area contributed by atoms with Crippen molar-refractivity contribution in [3.63, 3.8) is 0 Å². The van der Waals surface area contributed by atoms with Gasteiger partial charge in [-0.1, -0.05) is 13.8 Å². The topological polar surface area (TPSA) is 52.6 Å². The smallest absolute Gasteiger partial charge is 0.251 e. The molecular weight excluding hydrogens is 240 g/mol. The molecule has 1 aliphatic rings. The Labute approximate surface area is 114 Å². The van der Waals surface area contributed by atoms with Crippen LogP contribution in [-0.2, 0) is 6.42 Å². The number of hydrogen-bond donors (Lipinski definition) is 2. The molecule has 4 nitrogen and oxygen atoms in total. The molecule has 0 fully saturated rings. The maximum atomic E-state index is 12.1. The summed E-state index contributed by atoms with van der Waals surface area (Å²) in [6, 6.07) is 5.84. The molecule has 1 heterocycles. The molecule has 0 radical (unpaired) electrons. The van der Waals surface area contributed by atoms with Gasteiger partial charge in [0.15, 0.2) is 0 Å². The van der Waals surface area contributed by atoms with Gasteiger partial charge in [0.2, 0.25) is 0 Å². The highest BCUT2D eigenvalue weighted by molar-refractivity contribution is 5.95. The molecule has 104 valence electrons. The van der Waals surface area contributed by atoms with Gasteiger partial charge in [-0.15, -0.1) is 0 Å². The van der Waals surface area contributed by atoms with Crippen molar-refractivity contribution in [2.24, 2.45) is 5.41 Å². The predicted molar refractivity (Wildman–Crippen MR) is 76.6 cm³/mol. The van der Waals surface area contributed by atoms with Gasteiger partial charge in [-0.05, 0) is 30.2 Å². The average molecular weight is 262 g/mol. The second kappa shape index (κ2) is 5.21. The summed E-state index contributed by atoms with van der Waals surface area (Å²) in [4.78, 5) is 14.3. The van der Waals surface area contributed by atoms with Crippen molar-refractivity contribution in [3.05, 3.63) is 29.3 Å². The number of anilines is 1. The highest BCUT2D eigenvalue weighted by Gasteiger charge is 2.20. The molecule has 0 unspecified atom stereocenters. The Hall–Kier alpha value is -1.55. The summed E-state index contributed by atoms with van der Waals surface area (Å²) in [5, 5.41) is 12.1. The molecule has 0 aliphatic carbocycles. The van der Waals surface area contributed by atoms with E-state index < -0.39 is 0 Å². The monoisotopic (exact) mass is 262 g/mol. The Balaban J connectivity index is 2.05. The maximum Gasteiger partial charge on any atom is 0.251 e. The van der Waals surface area contributed by atoms with E-state index in [9.17, 15) is 9.90 Å². The SMILES string of the molecule is CN1CCc2cc(C(=O)NCC(C)(C)CO)ccc21. The van der Waals surface area contributed by atoms with E-state index in [0.29, 0.717) is 12.1 Å². The molecule has 19 heavy (non-hydrogen) atoms. The first-order valence-electron chi connectivity index (χ1n) is 6.66. The first kappa shape index (κ1) is 13.9. The standard InChI is InChI=1S/C15H22N2O2/c1-15(2,10-18)9-16-14(19)12-4-5-13-11(8-12)6-7-17(13)3/h4-5,8,18H,6-7,9-10H2,1-3H3,(H,16,19). The summed E-state index contributed by atoms with van der Waals surface area (Å²) in [7, 11) is 2.06. The van der Waals surface area contributed by atoms with Crippen molar-refractivity contribution in [1.82, 2.24) is 5.32 Å². The Bertz CT molecular complexity index is 483. The Kier molecular flexibility index (Phi) is 3.80. The summed E-state index contributed by atoms with van der Waals surface area (Å²) in [6.45, 7) is 5.38. The molecule has 4 heteroatoms. The quantitative estimate of drug-likeness (QED) is 0.863. The van der Waals surface area contributed by atoms with Gasteiger partial charge in [-0.2, -0.15) is 0 Å². The molecule has 1 aromatic rings. The summed E-state index contributed by atoms with van der Waals surface area (Å²) < 4.78 is 0. The summed E-state index contributed by atoms with van der Waals surface area (Å²) >= 11 is 0. The Morgan fingerprint density at radius 1 is 1.47 bits per heavy atom. The molecule has 1 amide bonds. The van der Waals surface area contributed by atoms with Gasteiger partial charge in [0.05, 0.1) is 0 Å². The van der Waals surface area contributed by atoms with Crippen LogP contribution < -0.4 is 10.2 Å². The predicted octanol–water partition coefficient (Wildman–Crippen LogP) is 1.43. The zero-order valence-electron chi connectivity index (χ0n) is 11.9. The number of likely N-dealkylation sites (N-methyl/N-ethyl adjacent to an activating group) is 1. The third kappa shape index (κ3) is 3.07. The third-order valence-electron chi connectivity index (χ3n) is 3.63. The van der Waals surface area contributed by atoms with Crippen LogP contribution in [0.4, 0.5) is 5.69 Å². The molecule has 0 bridgehead atoms. The van der Waals surface area contributed by atoms with Crippen LogP contribution in [0, 0.1) is 5.41 Å². The van der Waals surface area contributed by atoms with E-state index in [2.05, 4.69) is 17.3 Å². The van der Waals surface area contributed by atoms with Crippen LogP contribution in [0.25, 0.3) is 0 Å². The van der Waals surface area contributed by atoms with Crippen LogP contribution in [0.3, 0.4) is 0 Å². The molecule has 0 saturated heterocycles. The molecule has 0 saturated carbocycles. The first-order valence-corrected chi connectivity index (χ1v) is 6.66. The average Bonchev–Trinajstić information content (AvgIpc) is 2.77. The molecule has 1 aliphatic heterocycles. The van der Waals surface area contributed by atoms with Crippen molar-refractivity contribution < 1.29 is 9.90 Å². The highest BCUT2D eigenvalue weighted by Crippen LogP contribution is 2.27. The fraction of sp³-hybridized carbons (Fsp3) is 0.533. The van der Waals surface area contributed by atoms with Gasteiger partial charge in [-0.3, -0.25) is 4.79 Å². The summed E-state index contributed by atoms with van der Waals surface area (Å²) in [5.41, 5.74) is 2.86. The number of fused-ring (bicyclic) bond motifs is 1. The van der Waals surface area contributed by atoms with E-state index in [1.54, 1.807) is 0 Å². The second-order valence-electron chi connectivity index (χ2n) is 6.02. The lowest BCUT2D eigenvalue weighted by Crippen LogP contribution is -2.36. The zero-order chi connectivity index (χ0) is 14.0. The molecular formula is C15H22N2O2. The maximum absolute atomic E-state index is 12.1. The van der Waals surface area contributed by atoms with E-state index >= 15 is 0 Å². The fourth-order valence-electron chi connectivity index (χ4n) is 2.19. The van der Waals surface area contributed by atoms with Gasteiger partial charge in [0.1, 0.15) is 0 Å². The van der Waals surface area contributed by atoms with E-state index in [4.69, 9.17) is 0 Å². The van der Waals surface area contributed by atoms with Crippen LogP contribution in [0.2, 0.25) is 0 Å². The van der Waals surface area contributed by atoms with Crippen LogP contribution in [-0.4, -0.2) is 37.8 Å². The Morgan fingerprint density at radius 2 is 2.21 bits per heavy atom. The number of rotatable bonds is 4. The minimum atomic E-state index is -0.285. The van der Waals surface area contributed by atoms with E-state index in [-0.39, 0.29) is 17.9 Å². The zero-order valence-corrected chi connectivity index (χ0v) is 11.9. The normalized spacial score (nSPS) is 14.4. The van der Waals surface area contributed by atoms with Crippen molar-refractivity contribution in [1.29, 1.82) is 0 Å². The largest absolute Gasteiger partial charge is 0.396 e. The minimum absolute atomic E-state index is 0.0578. The van der Waals surface area contributed by atoms with E-state index in [1.165, 1.54) is 11.3 Å².